The number of rotatable bonds is 17. The molecule has 0 bridgehead atoms. The molecule has 0 saturated heterocycles. The molecule has 5 nitrogen and oxygen atoms in total. The number of aryl methyl sites for hydroxylation is 1. The molecule has 5 heteroatoms. The molecule has 1 amide bonds. The van der Waals surface area contributed by atoms with E-state index in [-0.39, 0.29) is 19.1 Å². The maximum Gasteiger partial charge on any atom is 0.340 e. The average Bonchev–Trinajstić information content (AvgIpc) is 2.77. The Bertz CT molecular complexity index is 671. The Balaban J connectivity index is 2.86. The predicted molar refractivity (Wildman–Crippen MR) is 128 cm³/mol. The summed E-state index contributed by atoms with van der Waals surface area (Å²) in [4.78, 5) is 27.1. The van der Waals surface area contributed by atoms with Crippen molar-refractivity contribution in [1.29, 1.82) is 0 Å². The monoisotopic (exact) mass is 431 g/mol. The molecule has 174 valence electrons. The number of amides is 1. The molecule has 1 aromatic carbocycles. The Labute approximate surface area is 188 Å². The molecular weight excluding hydrogens is 390 g/mol. The summed E-state index contributed by atoms with van der Waals surface area (Å²) >= 11 is 0. The van der Waals surface area contributed by atoms with Crippen LogP contribution in [0, 0.1) is 0 Å². The summed E-state index contributed by atoms with van der Waals surface area (Å²) in [7, 11) is 0. The minimum absolute atomic E-state index is 0.00967. The van der Waals surface area contributed by atoms with Gasteiger partial charge in [-0.25, -0.2) is 4.79 Å². The quantitative estimate of drug-likeness (QED) is 0.170. The van der Waals surface area contributed by atoms with E-state index in [1.165, 1.54) is 25.7 Å². The number of hydrogen-bond acceptors (Lipinski definition) is 4. The third kappa shape index (κ3) is 10.1. The fourth-order valence-corrected chi connectivity index (χ4v) is 3.40. The van der Waals surface area contributed by atoms with Crippen LogP contribution in [0.25, 0.3) is 0 Å². The molecule has 0 radical (unpaired) electrons. The number of anilines is 1. The van der Waals surface area contributed by atoms with Gasteiger partial charge in [0.2, 0.25) is 0 Å². The minimum atomic E-state index is -0.422. The molecule has 0 fully saturated rings. The third-order valence-electron chi connectivity index (χ3n) is 5.15. The van der Waals surface area contributed by atoms with Crippen molar-refractivity contribution in [1.82, 2.24) is 0 Å². The van der Waals surface area contributed by atoms with Crippen LogP contribution in [0.5, 0.6) is 0 Å². The van der Waals surface area contributed by atoms with Crippen molar-refractivity contribution in [2.45, 2.75) is 78.6 Å². The van der Waals surface area contributed by atoms with E-state index in [1.807, 2.05) is 12.1 Å². The van der Waals surface area contributed by atoms with Crippen LogP contribution in [0.3, 0.4) is 0 Å². The molecule has 1 aromatic rings. The van der Waals surface area contributed by atoms with E-state index in [1.54, 1.807) is 24.0 Å². The van der Waals surface area contributed by atoms with Crippen molar-refractivity contribution in [3.63, 3.8) is 0 Å². The maximum atomic E-state index is 13.0. The highest BCUT2D eigenvalue weighted by Crippen LogP contribution is 2.25. The Kier molecular flexibility index (Phi) is 14.3. The van der Waals surface area contributed by atoms with Crippen molar-refractivity contribution >= 4 is 17.6 Å². The van der Waals surface area contributed by atoms with E-state index in [0.717, 1.165) is 37.7 Å². The van der Waals surface area contributed by atoms with Gasteiger partial charge in [0.05, 0.1) is 17.9 Å². The van der Waals surface area contributed by atoms with E-state index in [2.05, 4.69) is 20.4 Å². The van der Waals surface area contributed by atoms with Gasteiger partial charge in [-0.05, 0) is 43.9 Å². The van der Waals surface area contributed by atoms with Crippen LogP contribution in [0.4, 0.5) is 5.69 Å². The summed E-state index contributed by atoms with van der Waals surface area (Å²) in [6.07, 6.45) is 11.8. The number of nitrogens with zero attached hydrogens (tertiary/aromatic N) is 1. The van der Waals surface area contributed by atoms with E-state index in [4.69, 9.17) is 9.47 Å². The van der Waals surface area contributed by atoms with Crippen LogP contribution in [-0.2, 0) is 20.7 Å². The van der Waals surface area contributed by atoms with Crippen molar-refractivity contribution in [3.8, 4) is 0 Å². The van der Waals surface area contributed by atoms with Gasteiger partial charge in [0.15, 0.2) is 0 Å². The zero-order chi connectivity index (χ0) is 22.9. The number of ether oxygens (including phenoxy) is 2. The second kappa shape index (κ2) is 16.5. The highest BCUT2D eigenvalue weighted by Gasteiger charge is 2.22. The van der Waals surface area contributed by atoms with Crippen molar-refractivity contribution in [2.75, 3.05) is 31.3 Å². The summed E-state index contributed by atoms with van der Waals surface area (Å²) in [6.45, 7) is 11.1. The molecule has 0 aliphatic rings. The average molecular weight is 432 g/mol. The molecule has 0 aliphatic heterocycles. The molecular formula is C26H41NO4. The van der Waals surface area contributed by atoms with Gasteiger partial charge in [-0.2, -0.15) is 0 Å². The summed E-state index contributed by atoms with van der Waals surface area (Å²) < 4.78 is 10.9. The van der Waals surface area contributed by atoms with Crippen molar-refractivity contribution < 1.29 is 19.1 Å². The molecule has 1 rings (SSSR count). The van der Waals surface area contributed by atoms with Gasteiger partial charge >= 0.3 is 5.97 Å². The number of carbonyl (C=O) groups is 2. The number of carbonyl (C=O) groups excluding carboxylic acids is 2. The van der Waals surface area contributed by atoms with Gasteiger partial charge in [0, 0.05) is 13.2 Å². The van der Waals surface area contributed by atoms with Crippen molar-refractivity contribution in [3.05, 3.63) is 42.0 Å². The second-order valence-electron chi connectivity index (χ2n) is 7.79. The third-order valence-corrected chi connectivity index (χ3v) is 5.15. The number of esters is 1. The van der Waals surface area contributed by atoms with E-state index >= 15 is 0 Å². The standard InChI is InChI=1S/C26H41NO4/c1-5-9-11-12-13-14-19-30-21-25(28)27(18-7-3)24-20-22(15-10-6-2)16-17-23(24)26(29)31-8-4/h7,16-17,20H,3,5-6,8-15,18-19,21H2,1-2,4H3. The fraction of sp³-hybridized carbons (Fsp3) is 0.615. The summed E-state index contributed by atoms with van der Waals surface area (Å²) in [5.74, 6) is -0.599. The minimum Gasteiger partial charge on any atom is -0.462 e. The molecule has 0 unspecified atom stereocenters. The lowest BCUT2D eigenvalue weighted by Gasteiger charge is -2.24. The van der Waals surface area contributed by atoms with Crippen LogP contribution in [0.1, 0.15) is 88.1 Å². The molecule has 0 N–H and O–H groups in total. The molecule has 0 atom stereocenters. The Morgan fingerprint density at radius 2 is 1.71 bits per heavy atom. The molecule has 31 heavy (non-hydrogen) atoms. The number of unbranched alkanes of at least 4 members (excludes halogenated alkanes) is 6. The van der Waals surface area contributed by atoms with Crippen LogP contribution in [0.2, 0.25) is 0 Å². The van der Waals surface area contributed by atoms with Gasteiger partial charge in [-0.1, -0.05) is 64.5 Å². The van der Waals surface area contributed by atoms with Gasteiger partial charge in [-0.3, -0.25) is 4.79 Å². The Morgan fingerprint density at radius 3 is 2.39 bits per heavy atom. The summed E-state index contributed by atoms with van der Waals surface area (Å²) in [5.41, 5.74) is 2.06. The van der Waals surface area contributed by atoms with E-state index < -0.39 is 5.97 Å². The molecule has 0 aliphatic carbocycles. The number of hydrogen-bond donors (Lipinski definition) is 0. The van der Waals surface area contributed by atoms with Gasteiger partial charge in [0.1, 0.15) is 6.61 Å². The lowest BCUT2D eigenvalue weighted by molar-refractivity contribution is -0.123. The van der Waals surface area contributed by atoms with E-state index in [9.17, 15) is 9.59 Å². The van der Waals surface area contributed by atoms with Crippen LogP contribution >= 0.6 is 0 Å². The maximum absolute atomic E-state index is 13.0. The first-order valence-electron chi connectivity index (χ1n) is 11.9. The van der Waals surface area contributed by atoms with Crippen molar-refractivity contribution in [2.24, 2.45) is 0 Å². The van der Waals surface area contributed by atoms with Gasteiger partial charge < -0.3 is 14.4 Å². The molecule has 0 aromatic heterocycles. The largest absolute Gasteiger partial charge is 0.462 e. The topological polar surface area (TPSA) is 55.8 Å². The fourth-order valence-electron chi connectivity index (χ4n) is 3.40. The predicted octanol–water partition coefficient (Wildman–Crippen LogP) is 6.10. The first-order valence-corrected chi connectivity index (χ1v) is 11.9. The van der Waals surface area contributed by atoms with Crippen LogP contribution in [-0.4, -0.2) is 38.2 Å². The van der Waals surface area contributed by atoms with Crippen LogP contribution < -0.4 is 4.90 Å². The first kappa shape index (κ1) is 26.9. The molecule has 0 spiro atoms. The smallest absolute Gasteiger partial charge is 0.340 e. The highest BCUT2D eigenvalue weighted by atomic mass is 16.5. The Hall–Kier alpha value is -2.14. The summed E-state index contributed by atoms with van der Waals surface area (Å²) in [6, 6.07) is 5.63. The van der Waals surface area contributed by atoms with Gasteiger partial charge in [0.25, 0.3) is 5.91 Å². The normalized spacial score (nSPS) is 10.7. The Morgan fingerprint density at radius 1 is 1.00 bits per heavy atom. The number of benzene rings is 1. The first-order chi connectivity index (χ1) is 15.1. The molecule has 0 saturated carbocycles. The van der Waals surface area contributed by atoms with Gasteiger partial charge in [-0.15, -0.1) is 6.58 Å². The molecule has 0 heterocycles. The zero-order valence-corrected chi connectivity index (χ0v) is 19.8. The second-order valence-corrected chi connectivity index (χ2v) is 7.79. The highest BCUT2D eigenvalue weighted by molar-refractivity contribution is 6.03. The van der Waals surface area contributed by atoms with E-state index in [0.29, 0.717) is 24.4 Å². The SMILES string of the molecule is C=CCN(C(=O)COCCCCCCCC)c1cc(CCCC)ccc1C(=O)OCC. The lowest BCUT2D eigenvalue weighted by Crippen LogP contribution is -2.35. The summed E-state index contributed by atoms with van der Waals surface area (Å²) in [5, 5.41) is 0. The lowest BCUT2D eigenvalue weighted by atomic mass is 10.0. The zero-order valence-electron chi connectivity index (χ0n) is 19.8. The van der Waals surface area contributed by atoms with Crippen LogP contribution in [0.15, 0.2) is 30.9 Å².